The van der Waals surface area contributed by atoms with Gasteiger partial charge in [0.05, 0.1) is 11.5 Å². The first kappa shape index (κ1) is 14.2. The Kier molecular flexibility index (Phi) is 3.49. The fourth-order valence-electron chi connectivity index (χ4n) is 3.34. The molecule has 108 valence electrons. The van der Waals surface area contributed by atoms with Gasteiger partial charge in [-0.25, -0.2) is 4.79 Å². The fourth-order valence-corrected chi connectivity index (χ4v) is 3.34. The Morgan fingerprint density at radius 2 is 1.95 bits per heavy atom. The van der Waals surface area contributed by atoms with Crippen LogP contribution in [0.15, 0.2) is 0 Å². The van der Waals surface area contributed by atoms with Crippen LogP contribution < -0.4 is 0 Å². The van der Waals surface area contributed by atoms with Gasteiger partial charge in [0, 0.05) is 6.54 Å². The zero-order chi connectivity index (χ0) is 14.3. The summed E-state index contributed by atoms with van der Waals surface area (Å²) in [6.07, 6.45) is 3.54. The van der Waals surface area contributed by atoms with Gasteiger partial charge in [-0.2, -0.15) is 0 Å². The molecule has 1 saturated carbocycles. The molecule has 0 bridgehead atoms. The number of hydrogen-bond acceptors (Lipinski definition) is 3. The molecule has 2 aliphatic rings. The van der Waals surface area contributed by atoms with E-state index in [4.69, 9.17) is 4.74 Å². The van der Waals surface area contributed by atoms with Crippen LogP contribution in [0.3, 0.4) is 0 Å². The van der Waals surface area contributed by atoms with E-state index < -0.39 is 17.0 Å². The Bertz CT molecular complexity index is 387. The number of rotatable bonds is 1. The van der Waals surface area contributed by atoms with E-state index in [9.17, 15) is 14.7 Å². The van der Waals surface area contributed by atoms with E-state index in [-0.39, 0.29) is 12.1 Å². The fraction of sp³-hybridized carbons (Fsp3) is 0.857. The number of carboxylic acid groups (broad SMARTS) is 1. The number of likely N-dealkylation sites (tertiary alicyclic amines) is 1. The molecule has 1 saturated heterocycles. The SMILES string of the molecule is CC(C)(C)OC(=O)N1CC[C@]2(C(=O)O)CCCC[C@H]12. The summed E-state index contributed by atoms with van der Waals surface area (Å²) in [4.78, 5) is 25.5. The van der Waals surface area contributed by atoms with Crippen molar-refractivity contribution in [2.45, 2.75) is 64.5 Å². The Morgan fingerprint density at radius 1 is 1.26 bits per heavy atom. The predicted molar refractivity (Wildman–Crippen MR) is 69.9 cm³/mol. The van der Waals surface area contributed by atoms with Crippen LogP contribution in [0.1, 0.15) is 52.9 Å². The predicted octanol–water partition coefficient (Wildman–Crippen LogP) is 2.64. The molecule has 0 aromatic rings. The van der Waals surface area contributed by atoms with E-state index in [1.165, 1.54) is 0 Å². The number of carboxylic acids is 1. The molecule has 19 heavy (non-hydrogen) atoms. The molecule has 0 spiro atoms. The van der Waals surface area contributed by atoms with E-state index in [0.717, 1.165) is 19.3 Å². The lowest BCUT2D eigenvalue weighted by Gasteiger charge is -2.38. The summed E-state index contributed by atoms with van der Waals surface area (Å²) in [5, 5.41) is 9.55. The number of fused-ring (bicyclic) bond motifs is 1. The van der Waals surface area contributed by atoms with Gasteiger partial charge in [-0.1, -0.05) is 12.8 Å². The van der Waals surface area contributed by atoms with Crippen LogP contribution in [0.2, 0.25) is 0 Å². The van der Waals surface area contributed by atoms with Crippen LogP contribution >= 0.6 is 0 Å². The third-order valence-corrected chi connectivity index (χ3v) is 4.22. The third kappa shape index (κ3) is 2.55. The van der Waals surface area contributed by atoms with E-state index in [1.54, 1.807) is 4.90 Å². The van der Waals surface area contributed by atoms with Crippen LogP contribution in [0, 0.1) is 5.41 Å². The van der Waals surface area contributed by atoms with E-state index >= 15 is 0 Å². The number of carbonyl (C=O) groups excluding carboxylic acids is 1. The summed E-state index contributed by atoms with van der Waals surface area (Å²) >= 11 is 0. The van der Waals surface area contributed by atoms with Gasteiger partial charge < -0.3 is 14.7 Å². The molecular weight excluding hydrogens is 246 g/mol. The lowest BCUT2D eigenvalue weighted by atomic mass is 9.70. The van der Waals surface area contributed by atoms with Crippen molar-refractivity contribution >= 4 is 12.1 Å². The molecule has 5 nitrogen and oxygen atoms in total. The van der Waals surface area contributed by atoms with Crippen LogP contribution in [-0.4, -0.2) is 40.3 Å². The average molecular weight is 269 g/mol. The first-order valence-corrected chi connectivity index (χ1v) is 6.99. The van der Waals surface area contributed by atoms with Gasteiger partial charge in [-0.15, -0.1) is 0 Å². The molecule has 1 N–H and O–H groups in total. The van der Waals surface area contributed by atoms with E-state index in [1.807, 2.05) is 20.8 Å². The minimum atomic E-state index is -0.761. The minimum absolute atomic E-state index is 0.200. The zero-order valence-electron chi connectivity index (χ0n) is 11.9. The molecule has 1 aliphatic carbocycles. The molecule has 1 aliphatic heterocycles. The summed E-state index contributed by atoms with van der Waals surface area (Å²) in [5.74, 6) is -0.761. The number of hydrogen-bond donors (Lipinski definition) is 1. The van der Waals surface area contributed by atoms with Gasteiger partial charge in [0.2, 0.25) is 0 Å². The molecule has 0 aromatic carbocycles. The molecule has 2 rings (SSSR count). The van der Waals surface area contributed by atoms with Crippen molar-refractivity contribution in [2.75, 3.05) is 6.54 Å². The van der Waals surface area contributed by atoms with Gasteiger partial charge >= 0.3 is 12.1 Å². The summed E-state index contributed by atoms with van der Waals surface area (Å²) in [5.41, 5.74) is -1.28. The third-order valence-electron chi connectivity index (χ3n) is 4.22. The first-order chi connectivity index (χ1) is 8.76. The number of carbonyl (C=O) groups is 2. The second-order valence-corrected chi connectivity index (χ2v) is 6.65. The van der Waals surface area contributed by atoms with Crippen molar-refractivity contribution in [1.29, 1.82) is 0 Å². The molecule has 1 amide bonds. The number of aliphatic carboxylic acids is 1. The Morgan fingerprint density at radius 3 is 2.53 bits per heavy atom. The average Bonchev–Trinajstić information content (AvgIpc) is 2.67. The standard InChI is InChI=1S/C14H23NO4/c1-13(2,3)19-12(18)15-9-8-14(11(16)17)7-5-4-6-10(14)15/h10H,4-9H2,1-3H3,(H,16,17)/t10-,14+/m0/s1. The van der Waals surface area contributed by atoms with Gasteiger partial charge in [0.25, 0.3) is 0 Å². The maximum Gasteiger partial charge on any atom is 0.410 e. The number of ether oxygens (including phenoxy) is 1. The summed E-state index contributed by atoms with van der Waals surface area (Å²) < 4.78 is 5.39. The maximum atomic E-state index is 12.2. The lowest BCUT2D eigenvalue weighted by molar-refractivity contribution is -0.152. The second kappa shape index (κ2) is 4.69. The van der Waals surface area contributed by atoms with Crippen LogP contribution in [0.25, 0.3) is 0 Å². The topological polar surface area (TPSA) is 66.8 Å². The van der Waals surface area contributed by atoms with Crippen molar-refractivity contribution < 1.29 is 19.4 Å². The van der Waals surface area contributed by atoms with Crippen molar-refractivity contribution in [3.63, 3.8) is 0 Å². The smallest absolute Gasteiger partial charge is 0.410 e. The van der Waals surface area contributed by atoms with Gasteiger partial charge in [-0.05, 0) is 40.0 Å². The monoisotopic (exact) mass is 269 g/mol. The van der Waals surface area contributed by atoms with Crippen molar-refractivity contribution in [3.05, 3.63) is 0 Å². The molecule has 1 heterocycles. The molecule has 5 heteroatoms. The molecule has 0 aromatic heterocycles. The molecule has 2 atom stereocenters. The lowest BCUT2D eigenvalue weighted by Crippen LogP contribution is -2.49. The highest BCUT2D eigenvalue weighted by Gasteiger charge is 2.55. The Labute approximate surface area is 113 Å². The molecular formula is C14H23NO4. The van der Waals surface area contributed by atoms with Crippen molar-refractivity contribution in [1.82, 2.24) is 4.90 Å². The maximum absolute atomic E-state index is 12.2. The van der Waals surface area contributed by atoms with Gasteiger partial charge in [0.15, 0.2) is 0 Å². The quantitative estimate of drug-likeness (QED) is 0.794. The van der Waals surface area contributed by atoms with Crippen molar-refractivity contribution in [2.24, 2.45) is 5.41 Å². The summed E-state index contributed by atoms with van der Waals surface area (Å²) in [6.45, 7) is 5.97. The Balaban J connectivity index is 2.17. The van der Waals surface area contributed by atoms with E-state index in [0.29, 0.717) is 19.4 Å². The summed E-state index contributed by atoms with van der Waals surface area (Å²) in [6, 6.07) is -0.200. The number of nitrogens with zero attached hydrogens (tertiary/aromatic N) is 1. The summed E-state index contributed by atoms with van der Waals surface area (Å²) in [7, 11) is 0. The largest absolute Gasteiger partial charge is 0.481 e. The molecule has 2 fully saturated rings. The zero-order valence-corrected chi connectivity index (χ0v) is 11.9. The van der Waals surface area contributed by atoms with Crippen LogP contribution in [0.4, 0.5) is 4.79 Å². The van der Waals surface area contributed by atoms with Crippen molar-refractivity contribution in [3.8, 4) is 0 Å². The van der Waals surface area contributed by atoms with Gasteiger partial charge in [0.1, 0.15) is 5.60 Å². The first-order valence-electron chi connectivity index (χ1n) is 6.99. The van der Waals surface area contributed by atoms with Crippen LogP contribution in [0.5, 0.6) is 0 Å². The Hall–Kier alpha value is -1.26. The highest BCUT2D eigenvalue weighted by Crippen LogP contribution is 2.47. The minimum Gasteiger partial charge on any atom is -0.481 e. The van der Waals surface area contributed by atoms with Gasteiger partial charge in [-0.3, -0.25) is 4.79 Å². The molecule has 0 unspecified atom stereocenters. The highest BCUT2D eigenvalue weighted by atomic mass is 16.6. The highest BCUT2D eigenvalue weighted by molar-refractivity contribution is 5.79. The van der Waals surface area contributed by atoms with E-state index in [2.05, 4.69) is 0 Å². The molecule has 0 radical (unpaired) electrons. The normalized spacial score (nSPS) is 30.9. The second-order valence-electron chi connectivity index (χ2n) is 6.65. The number of amides is 1. The van der Waals surface area contributed by atoms with Crippen LogP contribution in [-0.2, 0) is 9.53 Å².